The number of carboxylic acids is 1. The van der Waals surface area contributed by atoms with E-state index in [1.807, 2.05) is 29.2 Å². The van der Waals surface area contributed by atoms with Crippen LogP contribution in [0.4, 0.5) is 0 Å². The standard InChI is InChI=1S/C21H23N3O5/c1-13-18(21(26)27)11-22-24(13)16-5-7-23(8-6-16)20(25)15-9-14-10-17(28-2)3-4-19(14)29-12-15/h3-4,9-11,16H,5-8,12H2,1-2H3,(H,26,27). The molecule has 0 radical (unpaired) electrons. The zero-order chi connectivity index (χ0) is 20.5. The van der Waals surface area contributed by atoms with E-state index in [0.717, 1.165) is 24.2 Å². The van der Waals surface area contributed by atoms with Crippen molar-refractivity contribution in [2.24, 2.45) is 0 Å². The third kappa shape index (κ3) is 3.57. The lowest BCUT2D eigenvalue weighted by atomic mass is 10.0. The summed E-state index contributed by atoms with van der Waals surface area (Å²) in [5.74, 6) is 0.459. The van der Waals surface area contributed by atoms with Gasteiger partial charge in [0.1, 0.15) is 23.7 Å². The molecule has 2 aliphatic heterocycles. The van der Waals surface area contributed by atoms with E-state index in [1.54, 1.807) is 18.7 Å². The minimum absolute atomic E-state index is 0.0275. The second-order valence-corrected chi connectivity index (χ2v) is 7.28. The molecular formula is C21H23N3O5. The predicted octanol–water partition coefficient (Wildman–Crippen LogP) is 2.54. The number of hydrogen-bond acceptors (Lipinski definition) is 5. The molecule has 1 aromatic heterocycles. The molecule has 0 atom stereocenters. The minimum Gasteiger partial charge on any atom is -0.497 e. The molecule has 8 nitrogen and oxygen atoms in total. The van der Waals surface area contributed by atoms with Gasteiger partial charge in [0, 0.05) is 18.7 Å². The number of piperidine rings is 1. The van der Waals surface area contributed by atoms with E-state index < -0.39 is 5.97 Å². The summed E-state index contributed by atoms with van der Waals surface area (Å²) in [5, 5.41) is 13.5. The quantitative estimate of drug-likeness (QED) is 0.852. The molecule has 4 rings (SSSR count). The maximum absolute atomic E-state index is 13.0. The Hall–Kier alpha value is -3.29. The molecule has 8 heteroatoms. The lowest BCUT2D eigenvalue weighted by molar-refractivity contribution is -0.128. The molecule has 29 heavy (non-hydrogen) atoms. The van der Waals surface area contributed by atoms with Gasteiger partial charge >= 0.3 is 5.97 Å². The Labute approximate surface area is 168 Å². The first-order valence-electron chi connectivity index (χ1n) is 9.56. The highest BCUT2D eigenvalue weighted by molar-refractivity contribution is 5.99. The van der Waals surface area contributed by atoms with Crippen molar-refractivity contribution in [3.63, 3.8) is 0 Å². The number of aromatic carboxylic acids is 1. The zero-order valence-electron chi connectivity index (χ0n) is 16.4. The van der Waals surface area contributed by atoms with Crippen LogP contribution in [0.2, 0.25) is 0 Å². The second kappa shape index (κ2) is 7.62. The predicted molar refractivity (Wildman–Crippen MR) is 105 cm³/mol. The molecule has 1 aromatic carbocycles. The number of likely N-dealkylation sites (tertiary alicyclic amines) is 1. The van der Waals surface area contributed by atoms with Gasteiger partial charge in [0.05, 0.1) is 30.6 Å². The van der Waals surface area contributed by atoms with Crippen molar-refractivity contribution >= 4 is 18.0 Å². The number of benzene rings is 1. The lowest BCUT2D eigenvalue weighted by Crippen LogP contribution is -2.41. The minimum atomic E-state index is -0.970. The monoisotopic (exact) mass is 397 g/mol. The molecule has 0 saturated carbocycles. The summed E-state index contributed by atoms with van der Waals surface area (Å²) in [7, 11) is 1.60. The van der Waals surface area contributed by atoms with Crippen LogP contribution >= 0.6 is 0 Å². The van der Waals surface area contributed by atoms with Gasteiger partial charge in [-0.05, 0) is 44.0 Å². The van der Waals surface area contributed by atoms with E-state index in [0.29, 0.717) is 30.1 Å². The maximum atomic E-state index is 13.0. The highest BCUT2D eigenvalue weighted by atomic mass is 16.5. The summed E-state index contributed by atoms with van der Waals surface area (Å²) in [5.41, 5.74) is 2.33. The number of amides is 1. The van der Waals surface area contributed by atoms with Crippen molar-refractivity contribution in [2.75, 3.05) is 26.8 Å². The molecule has 0 unspecified atom stereocenters. The lowest BCUT2D eigenvalue weighted by Gasteiger charge is -2.33. The number of carbonyl (C=O) groups is 2. The first-order chi connectivity index (χ1) is 14.0. The molecule has 0 bridgehead atoms. The Morgan fingerprint density at radius 1 is 1.28 bits per heavy atom. The molecule has 0 aliphatic carbocycles. The van der Waals surface area contributed by atoms with Crippen molar-refractivity contribution < 1.29 is 24.2 Å². The van der Waals surface area contributed by atoms with Gasteiger partial charge in [0.2, 0.25) is 0 Å². The van der Waals surface area contributed by atoms with Gasteiger partial charge < -0.3 is 19.5 Å². The number of hydrogen-bond donors (Lipinski definition) is 1. The van der Waals surface area contributed by atoms with Crippen molar-refractivity contribution in [1.82, 2.24) is 14.7 Å². The number of rotatable bonds is 4. The van der Waals surface area contributed by atoms with Crippen LogP contribution in [0, 0.1) is 6.92 Å². The van der Waals surface area contributed by atoms with Crippen molar-refractivity contribution in [3.05, 3.63) is 46.8 Å². The molecule has 152 valence electrons. The number of fused-ring (bicyclic) bond motifs is 1. The van der Waals surface area contributed by atoms with E-state index in [1.165, 1.54) is 6.20 Å². The van der Waals surface area contributed by atoms with E-state index in [4.69, 9.17) is 9.47 Å². The van der Waals surface area contributed by atoms with Crippen LogP contribution in [0.3, 0.4) is 0 Å². The summed E-state index contributed by atoms with van der Waals surface area (Å²) in [6, 6.07) is 5.62. The summed E-state index contributed by atoms with van der Waals surface area (Å²) in [6.07, 6.45) is 4.72. The number of carboxylic acid groups (broad SMARTS) is 1. The Kier molecular flexibility index (Phi) is 5.00. The van der Waals surface area contributed by atoms with Gasteiger partial charge in [0.15, 0.2) is 0 Å². The van der Waals surface area contributed by atoms with Crippen molar-refractivity contribution in [3.8, 4) is 11.5 Å². The van der Waals surface area contributed by atoms with E-state index in [9.17, 15) is 14.7 Å². The summed E-state index contributed by atoms with van der Waals surface area (Å²) < 4.78 is 12.8. The molecule has 0 spiro atoms. The van der Waals surface area contributed by atoms with Crippen LogP contribution in [0.15, 0.2) is 30.0 Å². The highest BCUT2D eigenvalue weighted by Crippen LogP contribution is 2.31. The van der Waals surface area contributed by atoms with Crippen molar-refractivity contribution in [2.45, 2.75) is 25.8 Å². The van der Waals surface area contributed by atoms with Crippen LogP contribution in [-0.2, 0) is 4.79 Å². The molecule has 1 fully saturated rings. The highest BCUT2D eigenvalue weighted by Gasteiger charge is 2.29. The third-order valence-electron chi connectivity index (χ3n) is 5.58. The molecule has 2 aromatic rings. The Morgan fingerprint density at radius 3 is 2.69 bits per heavy atom. The van der Waals surface area contributed by atoms with Gasteiger partial charge in [0.25, 0.3) is 5.91 Å². The maximum Gasteiger partial charge on any atom is 0.339 e. The normalized spacial score (nSPS) is 16.6. The van der Waals surface area contributed by atoms with Crippen LogP contribution < -0.4 is 9.47 Å². The molecule has 2 aliphatic rings. The topological polar surface area (TPSA) is 93.9 Å². The fourth-order valence-electron chi connectivity index (χ4n) is 3.92. The van der Waals surface area contributed by atoms with Gasteiger partial charge in [-0.25, -0.2) is 4.79 Å². The number of nitrogens with zero attached hydrogens (tertiary/aromatic N) is 3. The molecular weight excluding hydrogens is 374 g/mol. The number of ether oxygens (including phenoxy) is 2. The Balaban J connectivity index is 1.44. The first-order valence-corrected chi connectivity index (χ1v) is 9.56. The van der Waals surface area contributed by atoms with Gasteiger partial charge in [-0.15, -0.1) is 0 Å². The second-order valence-electron chi connectivity index (χ2n) is 7.28. The largest absolute Gasteiger partial charge is 0.497 e. The van der Waals surface area contributed by atoms with Crippen molar-refractivity contribution in [1.29, 1.82) is 0 Å². The Bertz CT molecular complexity index is 986. The van der Waals surface area contributed by atoms with Gasteiger partial charge in [-0.1, -0.05) is 0 Å². The summed E-state index contributed by atoms with van der Waals surface area (Å²) >= 11 is 0. The number of carbonyl (C=O) groups excluding carboxylic acids is 1. The number of methoxy groups -OCH3 is 1. The summed E-state index contributed by atoms with van der Waals surface area (Å²) in [4.78, 5) is 26.0. The molecule has 1 saturated heterocycles. The molecule has 1 amide bonds. The first kappa shape index (κ1) is 19.0. The van der Waals surface area contributed by atoms with Gasteiger partial charge in [-0.3, -0.25) is 9.48 Å². The summed E-state index contributed by atoms with van der Waals surface area (Å²) in [6.45, 7) is 3.20. The van der Waals surface area contributed by atoms with Crippen LogP contribution in [0.25, 0.3) is 6.08 Å². The molecule has 1 N–H and O–H groups in total. The smallest absolute Gasteiger partial charge is 0.339 e. The zero-order valence-corrected chi connectivity index (χ0v) is 16.4. The van der Waals surface area contributed by atoms with E-state index in [-0.39, 0.29) is 24.1 Å². The fraction of sp³-hybridized carbons (Fsp3) is 0.381. The van der Waals surface area contributed by atoms with E-state index in [2.05, 4.69) is 5.10 Å². The van der Waals surface area contributed by atoms with Gasteiger partial charge in [-0.2, -0.15) is 5.10 Å². The molecule has 3 heterocycles. The Morgan fingerprint density at radius 2 is 2.03 bits per heavy atom. The average Bonchev–Trinajstić information content (AvgIpc) is 3.14. The van der Waals surface area contributed by atoms with E-state index >= 15 is 0 Å². The van der Waals surface area contributed by atoms with Crippen LogP contribution in [0.1, 0.15) is 40.5 Å². The number of aromatic nitrogens is 2. The fourth-order valence-corrected chi connectivity index (χ4v) is 3.92. The van der Waals surface area contributed by atoms with Crippen LogP contribution in [0.5, 0.6) is 11.5 Å². The van der Waals surface area contributed by atoms with Crippen LogP contribution in [-0.4, -0.2) is 58.5 Å². The third-order valence-corrected chi connectivity index (χ3v) is 5.58. The SMILES string of the molecule is COc1ccc2c(c1)C=C(C(=O)N1CCC(n3ncc(C(=O)O)c3C)CC1)CO2. The average molecular weight is 397 g/mol.